The number of para-hydroxylation sites is 1. The van der Waals surface area contributed by atoms with E-state index in [2.05, 4.69) is 0 Å². The molecule has 3 aromatic rings. The first-order chi connectivity index (χ1) is 11.1. The number of rotatable bonds is 5. The van der Waals surface area contributed by atoms with E-state index in [0.717, 1.165) is 16.7 Å². The lowest BCUT2D eigenvalue weighted by atomic mass is 10.2. The Balaban J connectivity index is 1.57. The summed E-state index contributed by atoms with van der Waals surface area (Å²) in [6, 6.07) is 15.7. The topological polar surface area (TPSA) is 82.5 Å². The van der Waals surface area contributed by atoms with Crippen molar-refractivity contribution in [3.63, 3.8) is 0 Å². The highest BCUT2D eigenvalue weighted by molar-refractivity contribution is 5.92. The average molecular weight is 309 g/mol. The normalized spacial score (nSPS) is 10.6. The van der Waals surface area contributed by atoms with Gasteiger partial charge in [0.05, 0.1) is 6.42 Å². The van der Waals surface area contributed by atoms with Crippen molar-refractivity contribution < 1.29 is 18.7 Å². The van der Waals surface area contributed by atoms with E-state index in [1.165, 1.54) is 12.1 Å². The largest absolute Gasteiger partial charge is 0.461 e. The number of benzene rings is 2. The maximum Gasteiger partial charge on any atom is 0.311 e. The van der Waals surface area contributed by atoms with Crippen LogP contribution < -0.4 is 10.5 Å². The average Bonchev–Trinajstić information content (AvgIpc) is 2.96. The molecular formula is C18H15NO4. The second kappa shape index (κ2) is 6.36. The fourth-order valence-electron chi connectivity index (χ4n) is 2.26. The summed E-state index contributed by atoms with van der Waals surface area (Å²) >= 11 is 0. The van der Waals surface area contributed by atoms with Crippen LogP contribution in [-0.2, 0) is 11.2 Å². The third-order valence-corrected chi connectivity index (χ3v) is 3.42. The van der Waals surface area contributed by atoms with E-state index in [9.17, 15) is 9.59 Å². The van der Waals surface area contributed by atoms with E-state index in [4.69, 9.17) is 14.9 Å². The van der Waals surface area contributed by atoms with Crippen LogP contribution in [0.15, 0.2) is 59.0 Å². The summed E-state index contributed by atoms with van der Waals surface area (Å²) in [6.45, 7) is 0. The van der Waals surface area contributed by atoms with Crippen LogP contribution in [0.2, 0.25) is 0 Å². The van der Waals surface area contributed by atoms with Crippen molar-refractivity contribution in [1.82, 2.24) is 0 Å². The molecule has 0 saturated carbocycles. The number of carbonyl (C=O) groups excluding carboxylic acids is 2. The number of hydrogen-bond donors (Lipinski definition) is 1. The highest BCUT2D eigenvalue weighted by Crippen LogP contribution is 2.20. The zero-order chi connectivity index (χ0) is 16.2. The number of fused-ring (bicyclic) bond motifs is 1. The first kappa shape index (κ1) is 14.8. The van der Waals surface area contributed by atoms with Gasteiger partial charge in [-0.25, -0.2) is 0 Å². The number of primary amides is 1. The SMILES string of the molecule is NC(=O)c1ccc(OC(=O)CCc2cc3ccccc3o2)cc1. The maximum absolute atomic E-state index is 11.9. The Labute approximate surface area is 132 Å². The lowest BCUT2D eigenvalue weighted by molar-refractivity contribution is -0.134. The molecule has 2 N–H and O–H groups in total. The summed E-state index contributed by atoms with van der Waals surface area (Å²) in [4.78, 5) is 22.8. The van der Waals surface area contributed by atoms with E-state index < -0.39 is 5.91 Å². The molecular weight excluding hydrogens is 294 g/mol. The van der Waals surface area contributed by atoms with E-state index in [0.29, 0.717) is 17.7 Å². The predicted octanol–water partition coefficient (Wildman–Crippen LogP) is 3.07. The number of nitrogens with two attached hydrogens (primary N) is 1. The van der Waals surface area contributed by atoms with Gasteiger partial charge in [-0.15, -0.1) is 0 Å². The standard InChI is InChI=1S/C18H15NO4/c19-18(21)12-5-7-14(8-6-12)23-17(20)10-9-15-11-13-3-1-2-4-16(13)22-15/h1-8,11H,9-10H2,(H2,19,21). The van der Waals surface area contributed by atoms with Gasteiger partial charge in [0.1, 0.15) is 17.1 Å². The summed E-state index contributed by atoms with van der Waals surface area (Å²) in [5.74, 6) is 0.238. The first-order valence-electron chi connectivity index (χ1n) is 7.20. The van der Waals surface area contributed by atoms with Crippen molar-refractivity contribution in [2.45, 2.75) is 12.8 Å². The Bertz CT molecular complexity index is 816. The molecule has 5 heteroatoms. The number of amides is 1. The van der Waals surface area contributed by atoms with Crippen LogP contribution in [0.4, 0.5) is 0 Å². The molecule has 0 bridgehead atoms. The minimum absolute atomic E-state index is 0.206. The van der Waals surface area contributed by atoms with Gasteiger partial charge in [0.25, 0.3) is 0 Å². The van der Waals surface area contributed by atoms with Crippen molar-refractivity contribution in [2.24, 2.45) is 5.73 Å². The molecule has 0 spiro atoms. The number of ether oxygens (including phenoxy) is 1. The second-order valence-corrected chi connectivity index (χ2v) is 5.11. The third kappa shape index (κ3) is 3.58. The maximum atomic E-state index is 11.9. The summed E-state index contributed by atoms with van der Waals surface area (Å²) in [6.07, 6.45) is 0.671. The van der Waals surface area contributed by atoms with Gasteiger partial charge < -0.3 is 14.9 Å². The van der Waals surface area contributed by atoms with Crippen LogP contribution in [-0.4, -0.2) is 11.9 Å². The van der Waals surface area contributed by atoms with Gasteiger partial charge in [0, 0.05) is 17.4 Å². The van der Waals surface area contributed by atoms with Crippen molar-refractivity contribution in [3.05, 3.63) is 65.9 Å². The van der Waals surface area contributed by atoms with Gasteiger partial charge in [-0.3, -0.25) is 9.59 Å². The van der Waals surface area contributed by atoms with E-state index >= 15 is 0 Å². The van der Waals surface area contributed by atoms with Crippen LogP contribution in [0.25, 0.3) is 11.0 Å². The smallest absolute Gasteiger partial charge is 0.311 e. The molecule has 1 aromatic heterocycles. The monoisotopic (exact) mass is 309 g/mol. The zero-order valence-electron chi connectivity index (χ0n) is 12.3. The van der Waals surface area contributed by atoms with E-state index in [1.807, 2.05) is 30.3 Å². The molecule has 5 nitrogen and oxygen atoms in total. The minimum Gasteiger partial charge on any atom is -0.461 e. The van der Waals surface area contributed by atoms with E-state index in [1.54, 1.807) is 12.1 Å². The molecule has 1 amide bonds. The highest BCUT2D eigenvalue weighted by Gasteiger charge is 2.09. The van der Waals surface area contributed by atoms with Gasteiger partial charge in [-0.2, -0.15) is 0 Å². The van der Waals surface area contributed by atoms with E-state index in [-0.39, 0.29) is 12.4 Å². The molecule has 0 saturated heterocycles. The van der Waals surface area contributed by atoms with Crippen molar-refractivity contribution in [3.8, 4) is 5.75 Å². The Morgan fingerprint density at radius 3 is 2.48 bits per heavy atom. The molecule has 0 aliphatic carbocycles. The van der Waals surface area contributed by atoms with Gasteiger partial charge >= 0.3 is 5.97 Å². The summed E-state index contributed by atoms with van der Waals surface area (Å²) in [7, 11) is 0. The second-order valence-electron chi connectivity index (χ2n) is 5.11. The number of carbonyl (C=O) groups is 2. The lowest BCUT2D eigenvalue weighted by Gasteiger charge is -2.04. The number of furan rings is 1. The summed E-state index contributed by atoms with van der Waals surface area (Å²) in [5.41, 5.74) is 6.32. The molecule has 0 aliphatic heterocycles. The molecule has 0 unspecified atom stereocenters. The van der Waals surface area contributed by atoms with Crippen LogP contribution in [0, 0.1) is 0 Å². The molecule has 1 heterocycles. The van der Waals surface area contributed by atoms with Crippen LogP contribution >= 0.6 is 0 Å². The third-order valence-electron chi connectivity index (χ3n) is 3.42. The Morgan fingerprint density at radius 2 is 1.78 bits per heavy atom. The van der Waals surface area contributed by atoms with Crippen molar-refractivity contribution in [2.75, 3.05) is 0 Å². The number of aryl methyl sites for hydroxylation is 1. The molecule has 0 radical (unpaired) electrons. The van der Waals surface area contributed by atoms with Crippen LogP contribution in [0.3, 0.4) is 0 Å². The quantitative estimate of drug-likeness (QED) is 0.580. The molecule has 0 fully saturated rings. The fraction of sp³-hybridized carbons (Fsp3) is 0.111. The van der Waals surface area contributed by atoms with Crippen LogP contribution in [0.1, 0.15) is 22.5 Å². The zero-order valence-corrected chi connectivity index (χ0v) is 12.3. The highest BCUT2D eigenvalue weighted by atomic mass is 16.5. The Kier molecular flexibility index (Phi) is 4.10. The minimum atomic E-state index is -0.521. The number of esters is 1. The Morgan fingerprint density at radius 1 is 1.04 bits per heavy atom. The fourth-order valence-corrected chi connectivity index (χ4v) is 2.26. The van der Waals surface area contributed by atoms with Crippen molar-refractivity contribution in [1.29, 1.82) is 0 Å². The van der Waals surface area contributed by atoms with Gasteiger partial charge in [-0.05, 0) is 36.4 Å². The Hall–Kier alpha value is -3.08. The number of hydrogen-bond acceptors (Lipinski definition) is 4. The van der Waals surface area contributed by atoms with Crippen LogP contribution in [0.5, 0.6) is 5.75 Å². The summed E-state index contributed by atoms with van der Waals surface area (Å²) < 4.78 is 10.9. The molecule has 0 atom stereocenters. The summed E-state index contributed by atoms with van der Waals surface area (Å²) in [5, 5.41) is 1.01. The predicted molar refractivity (Wildman–Crippen MR) is 85.1 cm³/mol. The molecule has 0 aliphatic rings. The molecule has 3 rings (SSSR count). The van der Waals surface area contributed by atoms with Gasteiger partial charge in [0.2, 0.25) is 5.91 Å². The first-order valence-corrected chi connectivity index (χ1v) is 7.20. The lowest BCUT2D eigenvalue weighted by Crippen LogP contribution is -2.11. The molecule has 23 heavy (non-hydrogen) atoms. The van der Waals surface area contributed by atoms with Crippen molar-refractivity contribution >= 4 is 22.8 Å². The molecule has 2 aromatic carbocycles. The van der Waals surface area contributed by atoms with Gasteiger partial charge in [0.15, 0.2) is 0 Å². The van der Waals surface area contributed by atoms with Gasteiger partial charge in [-0.1, -0.05) is 18.2 Å². The molecule has 116 valence electrons.